The maximum atomic E-state index is 6.22. The molecular formula is C13H28N2. The van der Waals surface area contributed by atoms with Crippen molar-refractivity contribution in [2.75, 3.05) is 13.6 Å². The molecule has 0 radical (unpaired) electrons. The fourth-order valence-corrected chi connectivity index (χ4v) is 2.48. The Kier molecular flexibility index (Phi) is 3.83. The van der Waals surface area contributed by atoms with Gasteiger partial charge in [0.25, 0.3) is 0 Å². The van der Waals surface area contributed by atoms with E-state index >= 15 is 0 Å². The highest BCUT2D eigenvalue weighted by atomic mass is 15.2. The Balaban J connectivity index is 2.61. The van der Waals surface area contributed by atoms with E-state index in [2.05, 4.69) is 39.6 Å². The fraction of sp³-hybridized carbons (Fsp3) is 1.00. The minimum absolute atomic E-state index is 0.297. The fourth-order valence-electron chi connectivity index (χ4n) is 2.48. The predicted octanol–water partition coefficient (Wildman–Crippen LogP) is 2.62. The van der Waals surface area contributed by atoms with Crippen LogP contribution in [0.3, 0.4) is 0 Å². The number of nitrogens with two attached hydrogens (primary N) is 1. The molecule has 1 fully saturated rings. The molecule has 2 atom stereocenters. The molecule has 15 heavy (non-hydrogen) atoms. The molecular weight excluding hydrogens is 184 g/mol. The van der Waals surface area contributed by atoms with Crippen LogP contribution in [-0.4, -0.2) is 30.1 Å². The Hall–Kier alpha value is -0.0800. The van der Waals surface area contributed by atoms with Crippen molar-refractivity contribution in [3.05, 3.63) is 0 Å². The van der Waals surface area contributed by atoms with Crippen LogP contribution in [-0.2, 0) is 0 Å². The summed E-state index contributed by atoms with van der Waals surface area (Å²) in [5.41, 5.74) is 6.85. The van der Waals surface area contributed by atoms with E-state index in [1.54, 1.807) is 0 Å². The summed E-state index contributed by atoms with van der Waals surface area (Å²) in [6.07, 6.45) is 4.99. The molecule has 0 aromatic heterocycles. The average Bonchev–Trinajstić information content (AvgIpc) is 2.47. The van der Waals surface area contributed by atoms with E-state index in [1.165, 1.54) is 25.7 Å². The molecule has 0 heterocycles. The van der Waals surface area contributed by atoms with Crippen LogP contribution in [0.25, 0.3) is 0 Å². The third-order valence-electron chi connectivity index (χ3n) is 4.66. The molecule has 0 aliphatic heterocycles. The van der Waals surface area contributed by atoms with E-state index in [4.69, 9.17) is 5.73 Å². The summed E-state index contributed by atoms with van der Waals surface area (Å²) in [6.45, 7) is 10.4. The summed E-state index contributed by atoms with van der Waals surface area (Å²) in [5.74, 6) is 0. The molecule has 1 aliphatic rings. The van der Waals surface area contributed by atoms with E-state index in [0.29, 0.717) is 17.0 Å². The van der Waals surface area contributed by atoms with E-state index < -0.39 is 0 Å². The number of rotatable bonds is 4. The summed E-state index contributed by atoms with van der Waals surface area (Å²) in [4.78, 5) is 2.48. The van der Waals surface area contributed by atoms with Gasteiger partial charge in [0, 0.05) is 18.1 Å². The van der Waals surface area contributed by atoms with E-state index in [0.717, 1.165) is 6.54 Å². The van der Waals surface area contributed by atoms with Crippen molar-refractivity contribution in [2.45, 2.75) is 65.0 Å². The van der Waals surface area contributed by atoms with Gasteiger partial charge in [-0.2, -0.15) is 0 Å². The van der Waals surface area contributed by atoms with Crippen molar-refractivity contribution in [1.29, 1.82) is 0 Å². The zero-order valence-electron chi connectivity index (χ0n) is 11.1. The van der Waals surface area contributed by atoms with Crippen molar-refractivity contribution >= 4 is 0 Å². The molecule has 1 aliphatic carbocycles. The van der Waals surface area contributed by atoms with Crippen molar-refractivity contribution < 1.29 is 0 Å². The Morgan fingerprint density at radius 2 is 2.07 bits per heavy atom. The molecule has 2 unspecified atom stereocenters. The van der Waals surface area contributed by atoms with E-state index in [9.17, 15) is 0 Å². The first-order valence-corrected chi connectivity index (χ1v) is 6.29. The Labute approximate surface area is 95.2 Å². The van der Waals surface area contributed by atoms with Gasteiger partial charge >= 0.3 is 0 Å². The van der Waals surface area contributed by atoms with Crippen LogP contribution < -0.4 is 5.73 Å². The SMILES string of the molecule is CCC(C)(C)N(C)CC1(C)CCCC1N. The van der Waals surface area contributed by atoms with Crippen molar-refractivity contribution in [3.8, 4) is 0 Å². The van der Waals surface area contributed by atoms with Gasteiger partial charge in [-0.25, -0.2) is 0 Å². The van der Waals surface area contributed by atoms with Gasteiger partial charge in [-0.1, -0.05) is 20.3 Å². The predicted molar refractivity (Wildman–Crippen MR) is 66.9 cm³/mol. The lowest BCUT2D eigenvalue weighted by Crippen LogP contribution is -2.49. The Bertz CT molecular complexity index is 213. The summed E-state index contributed by atoms with van der Waals surface area (Å²) >= 11 is 0. The quantitative estimate of drug-likeness (QED) is 0.776. The molecule has 1 rings (SSSR count). The highest BCUT2D eigenvalue weighted by molar-refractivity contribution is 4.95. The minimum Gasteiger partial charge on any atom is -0.327 e. The highest BCUT2D eigenvalue weighted by Crippen LogP contribution is 2.38. The number of hydrogen-bond donors (Lipinski definition) is 1. The number of hydrogen-bond acceptors (Lipinski definition) is 2. The molecule has 0 aromatic carbocycles. The normalized spacial score (nSPS) is 32.6. The summed E-state index contributed by atoms with van der Waals surface area (Å²) < 4.78 is 0. The molecule has 90 valence electrons. The third-order valence-corrected chi connectivity index (χ3v) is 4.66. The van der Waals surface area contributed by atoms with Gasteiger partial charge in [0.05, 0.1) is 0 Å². The van der Waals surface area contributed by atoms with Gasteiger partial charge in [0.1, 0.15) is 0 Å². The lowest BCUT2D eigenvalue weighted by molar-refractivity contribution is 0.0851. The van der Waals surface area contributed by atoms with Crippen molar-refractivity contribution in [1.82, 2.24) is 4.90 Å². The highest BCUT2D eigenvalue weighted by Gasteiger charge is 2.39. The molecule has 1 saturated carbocycles. The largest absolute Gasteiger partial charge is 0.327 e. The smallest absolute Gasteiger partial charge is 0.0147 e. The lowest BCUT2D eigenvalue weighted by atomic mass is 9.83. The second-order valence-corrected chi connectivity index (χ2v) is 6.17. The third kappa shape index (κ3) is 2.73. The van der Waals surface area contributed by atoms with E-state index in [-0.39, 0.29) is 0 Å². The summed E-state index contributed by atoms with van der Waals surface area (Å²) in [6, 6.07) is 0.396. The van der Waals surface area contributed by atoms with Gasteiger partial charge in [-0.3, -0.25) is 0 Å². The monoisotopic (exact) mass is 212 g/mol. The second-order valence-electron chi connectivity index (χ2n) is 6.17. The van der Waals surface area contributed by atoms with Gasteiger partial charge < -0.3 is 10.6 Å². The van der Waals surface area contributed by atoms with Crippen LogP contribution in [0.2, 0.25) is 0 Å². The molecule has 2 nitrogen and oxygen atoms in total. The standard InChI is InChI=1S/C13H28N2/c1-6-12(2,3)15(5)10-13(4)9-7-8-11(13)14/h11H,6-10,14H2,1-5H3. The molecule has 0 saturated heterocycles. The molecule has 2 heteroatoms. The molecule has 0 aromatic rings. The maximum Gasteiger partial charge on any atom is 0.0147 e. The first-order valence-electron chi connectivity index (χ1n) is 6.29. The summed E-state index contributed by atoms with van der Waals surface area (Å²) in [7, 11) is 2.24. The van der Waals surface area contributed by atoms with Gasteiger partial charge in [-0.05, 0) is 45.6 Å². The molecule has 0 spiro atoms. The van der Waals surface area contributed by atoms with Crippen LogP contribution in [0.4, 0.5) is 0 Å². The van der Waals surface area contributed by atoms with Gasteiger partial charge in [0.2, 0.25) is 0 Å². The second kappa shape index (κ2) is 4.42. The summed E-state index contributed by atoms with van der Waals surface area (Å²) in [5, 5.41) is 0. The van der Waals surface area contributed by atoms with Crippen molar-refractivity contribution in [3.63, 3.8) is 0 Å². The van der Waals surface area contributed by atoms with Gasteiger partial charge in [0.15, 0.2) is 0 Å². The molecule has 0 bridgehead atoms. The van der Waals surface area contributed by atoms with Crippen LogP contribution in [0.1, 0.15) is 53.4 Å². The van der Waals surface area contributed by atoms with Crippen LogP contribution >= 0.6 is 0 Å². The average molecular weight is 212 g/mol. The zero-order valence-corrected chi connectivity index (χ0v) is 11.1. The molecule has 2 N–H and O–H groups in total. The minimum atomic E-state index is 0.297. The Morgan fingerprint density at radius 3 is 2.47 bits per heavy atom. The first kappa shape index (κ1) is 13.0. The van der Waals surface area contributed by atoms with Gasteiger partial charge in [-0.15, -0.1) is 0 Å². The van der Waals surface area contributed by atoms with Crippen LogP contribution in [0.5, 0.6) is 0 Å². The Morgan fingerprint density at radius 1 is 1.47 bits per heavy atom. The van der Waals surface area contributed by atoms with Crippen LogP contribution in [0.15, 0.2) is 0 Å². The zero-order chi connectivity index (χ0) is 11.7. The maximum absolute atomic E-state index is 6.22. The van der Waals surface area contributed by atoms with Crippen molar-refractivity contribution in [2.24, 2.45) is 11.1 Å². The topological polar surface area (TPSA) is 29.3 Å². The van der Waals surface area contributed by atoms with E-state index in [1.807, 2.05) is 0 Å². The molecule has 0 amide bonds. The number of nitrogens with zero attached hydrogens (tertiary/aromatic N) is 1. The lowest BCUT2D eigenvalue weighted by Gasteiger charge is -2.41. The first-order chi connectivity index (χ1) is 6.82. The van der Waals surface area contributed by atoms with Crippen LogP contribution in [0, 0.1) is 5.41 Å².